The summed E-state index contributed by atoms with van der Waals surface area (Å²) in [7, 11) is 3.89. The van der Waals surface area contributed by atoms with Crippen molar-refractivity contribution in [2.45, 2.75) is 19.9 Å². The molecule has 0 saturated carbocycles. The molecule has 7 heteroatoms. The van der Waals surface area contributed by atoms with Crippen LogP contribution in [0.3, 0.4) is 0 Å². The molecule has 0 spiro atoms. The summed E-state index contributed by atoms with van der Waals surface area (Å²) in [6, 6.07) is 0. The average molecular weight is 410 g/mol. The van der Waals surface area contributed by atoms with Crippen LogP contribution in [0.25, 0.3) is 0 Å². The number of aromatic nitrogens is 1. The molecule has 1 aromatic rings. The van der Waals surface area contributed by atoms with E-state index in [1.54, 1.807) is 11.3 Å². The van der Waals surface area contributed by atoms with Gasteiger partial charge in [-0.25, -0.2) is 4.98 Å². The normalized spacial score (nSPS) is 18.8. The quantitative estimate of drug-likeness (QED) is 0.470. The Balaban J connectivity index is 0.00000200. The summed E-state index contributed by atoms with van der Waals surface area (Å²) in [6.45, 7) is 5.49. The molecule has 1 fully saturated rings. The van der Waals surface area contributed by atoms with Gasteiger partial charge in [-0.1, -0.05) is 0 Å². The largest absolute Gasteiger partial charge is 0.381 e. The lowest BCUT2D eigenvalue weighted by Gasteiger charge is -2.24. The van der Waals surface area contributed by atoms with Crippen LogP contribution in [0.5, 0.6) is 0 Å². The Morgan fingerprint density at radius 1 is 1.65 bits per heavy atom. The number of hydrogen-bond acceptors (Lipinski definition) is 4. The van der Waals surface area contributed by atoms with Gasteiger partial charge >= 0.3 is 0 Å². The van der Waals surface area contributed by atoms with E-state index in [1.165, 1.54) is 0 Å². The highest BCUT2D eigenvalue weighted by Gasteiger charge is 2.19. The third-order valence-corrected chi connectivity index (χ3v) is 4.16. The minimum absolute atomic E-state index is 0. The van der Waals surface area contributed by atoms with Crippen molar-refractivity contribution in [3.63, 3.8) is 0 Å². The van der Waals surface area contributed by atoms with Gasteiger partial charge in [-0.2, -0.15) is 0 Å². The zero-order valence-corrected chi connectivity index (χ0v) is 15.4. The summed E-state index contributed by atoms with van der Waals surface area (Å²) in [4.78, 5) is 10.9. The molecule has 0 radical (unpaired) electrons. The van der Waals surface area contributed by atoms with Crippen LogP contribution in [0.1, 0.15) is 17.1 Å². The van der Waals surface area contributed by atoms with E-state index in [1.807, 2.05) is 14.0 Å². The molecule has 0 amide bonds. The van der Waals surface area contributed by atoms with Crippen LogP contribution in [-0.4, -0.2) is 49.7 Å². The standard InChI is InChI=1S/C13H22N4OS.HI/c1-10-9-19-12(16-10)6-15-13(14-2)17(3)7-11-4-5-18-8-11;/h9,11H,4-8H2,1-3H3,(H,14,15);1H. The van der Waals surface area contributed by atoms with Gasteiger partial charge in [0.2, 0.25) is 0 Å². The van der Waals surface area contributed by atoms with Gasteiger partial charge in [0.15, 0.2) is 5.96 Å². The monoisotopic (exact) mass is 410 g/mol. The summed E-state index contributed by atoms with van der Waals surface area (Å²) >= 11 is 1.68. The molecule has 0 aliphatic carbocycles. The van der Waals surface area contributed by atoms with E-state index in [9.17, 15) is 0 Å². The summed E-state index contributed by atoms with van der Waals surface area (Å²) < 4.78 is 5.41. The molecule has 5 nitrogen and oxygen atoms in total. The van der Waals surface area contributed by atoms with Gasteiger partial charge < -0.3 is 15.0 Å². The molecule has 1 aliphatic rings. The Kier molecular flexibility index (Phi) is 7.75. The van der Waals surface area contributed by atoms with E-state index in [0.29, 0.717) is 5.92 Å². The minimum atomic E-state index is 0. The van der Waals surface area contributed by atoms with Crippen molar-refractivity contribution in [3.05, 3.63) is 16.1 Å². The number of halogens is 1. The van der Waals surface area contributed by atoms with Crippen LogP contribution in [0.2, 0.25) is 0 Å². The van der Waals surface area contributed by atoms with Crippen LogP contribution in [0.4, 0.5) is 0 Å². The van der Waals surface area contributed by atoms with E-state index in [2.05, 4.69) is 32.6 Å². The maximum absolute atomic E-state index is 5.41. The SMILES string of the molecule is CN=C(NCc1nc(C)cs1)N(C)CC1CCOC1.I. The van der Waals surface area contributed by atoms with E-state index < -0.39 is 0 Å². The van der Waals surface area contributed by atoms with E-state index >= 15 is 0 Å². The van der Waals surface area contributed by atoms with E-state index in [0.717, 1.165) is 49.4 Å². The number of guanidine groups is 1. The van der Waals surface area contributed by atoms with Crippen LogP contribution in [-0.2, 0) is 11.3 Å². The fourth-order valence-corrected chi connectivity index (χ4v) is 2.94. The first-order valence-electron chi connectivity index (χ1n) is 6.59. The van der Waals surface area contributed by atoms with Crippen molar-refractivity contribution < 1.29 is 4.74 Å². The molecule has 1 aliphatic heterocycles. The third-order valence-electron chi connectivity index (χ3n) is 3.19. The number of nitrogens with one attached hydrogen (secondary N) is 1. The molecule has 2 heterocycles. The van der Waals surface area contributed by atoms with E-state index in [4.69, 9.17) is 4.74 Å². The smallest absolute Gasteiger partial charge is 0.193 e. The molecule has 1 saturated heterocycles. The lowest BCUT2D eigenvalue weighted by molar-refractivity contribution is 0.181. The van der Waals surface area contributed by atoms with Crippen molar-refractivity contribution in [3.8, 4) is 0 Å². The Labute approximate surface area is 141 Å². The number of nitrogens with zero attached hydrogens (tertiary/aromatic N) is 3. The Hall–Kier alpha value is -0.410. The van der Waals surface area contributed by atoms with Crippen molar-refractivity contribution in [2.24, 2.45) is 10.9 Å². The van der Waals surface area contributed by atoms with Gasteiger partial charge in [0, 0.05) is 44.2 Å². The molecule has 1 atom stereocenters. The van der Waals surface area contributed by atoms with Crippen LogP contribution in [0, 0.1) is 12.8 Å². The molecule has 1 N–H and O–H groups in total. The molecule has 0 bridgehead atoms. The minimum Gasteiger partial charge on any atom is -0.381 e. The number of hydrogen-bond donors (Lipinski definition) is 1. The highest BCUT2D eigenvalue weighted by Crippen LogP contribution is 2.13. The summed E-state index contributed by atoms with van der Waals surface area (Å²) in [5, 5.41) is 6.52. The Morgan fingerprint density at radius 2 is 2.45 bits per heavy atom. The lowest BCUT2D eigenvalue weighted by atomic mass is 10.1. The molecule has 2 rings (SSSR count). The zero-order valence-electron chi connectivity index (χ0n) is 12.3. The molecule has 1 aromatic heterocycles. The van der Waals surface area contributed by atoms with Gasteiger partial charge in [0.25, 0.3) is 0 Å². The Morgan fingerprint density at radius 3 is 3.00 bits per heavy atom. The second kappa shape index (κ2) is 8.78. The molecule has 1 unspecified atom stereocenters. The average Bonchev–Trinajstić information content (AvgIpc) is 3.02. The van der Waals surface area contributed by atoms with Crippen molar-refractivity contribution in [1.29, 1.82) is 0 Å². The maximum Gasteiger partial charge on any atom is 0.193 e. The van der Waals surface area contributed by atoms with Gasteiger partial charge in [-0.05, 0) is 13.3 Å². The van der Waals surface area contributed by atoms with Gasteiger partial charge in [0.1, 0.15) is 5.01 Å². The van der Waals surface area contributed by atoms with E-state index in [-0.39, 0.29) is 24.0 Å². The van der Waals surface area contributed by atoms with Crippen LogP contribution < -0.4 is 5.32 Å². The first kappa shape index (κ1) is 17.6. The second-order valence-corrected chi connectivity index (χ2v) is 5.84. The molecule has 0 aromatic carbocycles. The maximum atomic E-state index is 5.41. The highest BCUT2D eigenvalue weighted by molar-refractivity contribution is 14.0. The number of rotatable bonds is 4. The number of thiazole rings is 1. The molecular formula is C13H23IN4OS. The lowest BCUT2D eigenvalue weighted by Crippen LogP contribution is -2.41. The van der Waals surface area contributed by atoms with Crippen molar-refractivity contribution in [1.82, 2.24) is 15.2 Å². The van der Waals surface area contributed by atoms with Crippen LogP contribution in [0.15, 0.2) is 10.4 Å². The summed E-state index contributed by atoms with van der Waals surface area (Å²) in [6.07, 6.45) is 1.15. The molecular weight excluding hydrogens is 387 g/mol. The number of aliphatic imine (C=N–C) groups is 1. The second-order valence-electron chi connectivity index (χ2n) is 4.89. The predicted octanol–water partition coefficient (Wildman–Crippen LogP) is 2.11. The van der Waals surface area contributed by atoms with Gasteiger partial charge in [-0.15, -0.1) is 35.3 Å². The Bertz CT molecular complexity index is 432. The highest BCUT2D eigenvalue weighted by atomic mass is 127. The van der Waals surface area contributed by atoms with Gasteiger partial charge in [-0.3, -0.25) is 4.99 Å². The number of aryl methyl sites for hydroxylation is 1. The van der Waals surface area contributed by atoms with Crippen molar-refractivity contribution in [2.75, 3.05) is 33.9 Å². The number of ether oxygens (including phenoxy) is 1. The van der Waals surface area contributed by atoms with Crippen molar-refractivity contribution >= 4 is 41.3 Å². The molecule has 20 heavy (non-hydrogen) atoms. The fraction of sp³-hybridized carbons (Fsp3) is 0.692. The first-order valence-corrected chi connectivity index (χ1v) is 7.47. The summed E-state index contributed by atoms with van der Waals surface area (Å²) in [5.74, 6) is 1.53. The predicted molar refractivity (Wildman–Crippen MR) is 94.0 cm³/mol. The fourth-order valence-electron chi connectivity index (χ4n) is 2.22. The first-order chi connectivity index (χ1) is 9.19. The topological polar surface area (TPSA) is 49.8 Å². The van der Waals surface area contributed by atoms with Crippen LogP contribution >= 0.6 is 35.3 Å². The zero-order chi connectivity index (χ0) is 13.7. The van der Waals surface area contributed by atoms with Gasteiger partial charge in [0.05, 0.1) is 13.2 Å². The third kappa shape index (κ3) is 5.17. The summed E-state index contributed by atoms with van der Waals surface area (Å²) in [5.41, 5.74) is 1.08. The molecule has 114 valence electrons.